The quantitative estimate of drug-likeness (QED) is 0.701. The standard InChI is InChI=1S/C11H19NO5/c1-6-8(13)12(7-9(14)16-5)10(15)17-11(2,3)4/h6-7H2,1-5H3. The Morgan fingerprint density at radius 1 is 1.18 bits per heavy atom. The fourth-order valence-corrected chi connectivity index (χ4v) is 0.956. The van der Waals surface area contributed by atoms with Gasteiger partial charge in [0.25, 0.3) is 0 Å². The highest BCUT2D eigenvalue weighted by Crippen LogP contribution is 2.10. The first kappa shape index (κ1) is 15.4. The SMILES string of the molecule is CCC(=O)N(CC(=O)OC)C(=O)OC(C)(C)C. The van der Waals surface area contributed by atoms with Crippen molar-refractivity contribution in [2.45, 2.75) is 39.7 Å². The Labute approximate surface area is 101 Å². The molecule has 0 aliphatic rings. The minimum absolute atomic E-state index is 0.107. The molecule has 0 aromatic carbocycles. The molecule has 2 amide bonds. The van der Waals surface area contributed by atoms with Crippen LogP contribution in [0.15, 0.2) is 0 Å². The van der Waals surface area contributed by atoms with Gasteiger partial charge in [-0.05, 0) is 20.8 Å². The van der Waals surface area contributed by atoms with E-state index in [-0.39, 0.29) is 6.42 Å². The second-order valence-electron chi connectivity index (χ2n) is 4.39. The third kappa shape index (κ3) is 5.89. The monoisotopic (exact) mass is 245 g/mol. The van der Waals surface area contributed by atoms with Gasteiger partial charge < -0.3 is 9.47 Å². The van der Waals surface area contributed by atoms with Crippen molar-refractivity contribution in [3.63, 3.8) is 0 Å². The molecule has 0 N–H and O–H groups in total. The molecule has 0 fully saturated rings. The van der Waals surface area contributed by atoms with E-state index in [1.165, 1.54) is 7.11 Å². The Bertz CT molecular complexity index is 305. The molecule has 0 heterocycles. The van der Waals surface area contributed by atoms with E-state index in [1.54, 1.807) is 27.7 Å². The van der Waals surface area contributed by atoms with Gasteiger partial charge in [0.05, 0.1) is 7.11 Å². The van der Waals surface area contributed by atoms with Gasteiger partial charge in [0.1, 0.15) is 12.1 Å². The van der Waals surface area contributed by atoms with E-state index >= 15 is 0 Å². The molecule has 0 bridgehead atoms. The van der Waals surface area contributed by atoms with Crippen LogP contribution in [-0.4, -0.2) is 42.1 Å². The molecule has 0 saturated carbocycles. The van der Waals surface area contributed by atoms with E-state index in [9.17, 15) is 14.4 Å². The van der Waals surface area contributed by atoms with E-state index in [2.05, 4.69) is 4.74 Å². The van der Waals surface area contributed by atoms with Crippen LogP contribution in [-0.2, 0) is 19.1 Å². The van der Waals surface area contributed by atoms with Crippen molar-refractivity contribution in [1.82, 2.24) is 4.90 Å². The second kappa shape index (κ2) is 6.22. The molecule has 0 aromatic rings. The number of amides is 2. The first-order valence-corrected chi connectivity index (χ1v) is 5.31. The molecule has 0 aliphatic carbocycles. The van der Waals surface area contributed by atoms with E-state index in [4.69, 9.17) is 4.74 Å². The first-order valence-electron chi connectivity index (χ1n) is 5.31. The molecule has 0 saturated heterocycles. The Kier molecular flexibility index (Phi) is 5.64. The summed E-state index contributed by atoms with van der Waals surface area (Å²) in [5.74, 6) is -1.15. The average molecular weight is 245 g/mol. The molecule has 0 rings (SSSR count). The van der Waals surface area contributed by atoms with Gasteiger partial charge in [-0.15, -0.1) is 0 Å². The third-order valence-electron chi connectivity index (χ3n) is 1.73. The van der Waals surface area contributed by atoms with Crippen molar-refractivity contribution in [2.24, 2.45) is 0 Å². The summed E-state index contributed by atoms with van der Waals surface area (Å²) in [6, 6.07) is 0. The maximum absolute atomic E-state index is 11.7. The van der Waals surface area contributed by atoms with Crippen LogP contribution in [0.2, 0.25) is 0 Å². The molecule has 6 heteroatoms. The van der Waals surface area contributed by atoms with Gasteiger partial charge in [-0.2, -0.15) is 0 Å². The zero-order valence-corrected chi connectivity index (χ0v) is 10.9. The third-order valence-corrected chi connectivity index (χ3v) is 1.73. The fourth-order valence-electron chi connectivity index (χ4n) is 0.956. The van der Waals surface area contributed by atoms with Crippen LogP contribution < -0.4 is 0 Å². The van der Waals surface area contributed by atoms with Crippen molar-refractivity contribution in [2.75, 3.05) is 13.7 Å². The summed E-state index contributed by atoms with van der Waals surface area (Å²) >= 11 is 0. The smallest absolute Gasteiger partial charge is 0.417 e. The van der Waals surface area contributed by atoms with E-state index in [1.807, 2.05) is 0 Å². The minimum Gasteiger partial charge on any atom is -0.468 e. The number of carbonyl (C=O) groups excluding carboxylic acids is 3. The van der Waals surface area contributed by atoms with E-state index in [0.717, 1.165) is 4.90 Å². The van der Waals surface area contributed by atoms with Crippen LogP contribution in [0.25, 0.3) is 0 Å². The number of imide groups is 1. The average Bonchev–Trinajstić information content (AvgIpc) is 2.21. The van der Waals surface area contributed by atoms with Crippen LogP contribution in [0.1, 0.15) is 34.1 Å². The molecule has 0 unspecified atom stereocenters. The summed E-state index contributed by atoms with van der Waals surface area (Å²) in [5.41, 5.74) is -0.723. The predicted octanol–water partition coefficient (Wildman–Crippen LogP) is 1.33. The number of nitrogens with zero attached hydrogens (tertiary/aromatic N) is 1. The van der Waals surface area contributed by atoms with Crippen molar-refractivity contribution in [1.29, 1.82) is 0 Å². The molecule has 17 heavy (non-hydrogen) atoms. The van der Waals surface area contributed by atoms with Crippen LogP contribution in [0.5, 0.6) is 0 Å². The van der Waals surface area contributed by atoms with Gasteiger partial charge in [-0.3, -0.25) is 9.59 Å². The number of rotatable bonds is 3. The molecule has 0 spiro atoms. The highest BCUT2D eigenvalue weighted by atomic mass is 16.6. The van der Waals surface area contributed by atoms with Gasteiger partial charge in [-0.1, -0.05) is 6.92 Å². The lowest BCUT2D eigenvalue weighted by atomic mass is 10.2. The molecule has 0 atom stereocenters. The lowest BCUT2D eigenvalue weighted by Gasteiger charge is -2.25. The molecule has 98 valence electrons. The molecular weight excluding hydrogens is 226 g/mol. The molecule has 6 nitrogen and oxygen atoms in total. The molecular formula is C11H19NO5. The Hall–Kier alpha value is -1.59. The molecule has 0 aliphatic heterocycles. The zero-order valence-electron chi connectivity index (χ0n) is 10.9. The number of esters is 1. The number of ether oxygens (including phenoxy) is 2. The molecule has 0 aromatic heterocycles. The van der Waals surface area contributed by atoms with E-state index < -0.39 is 30.1 Å². The summed E-state index contributed by atoms with van der Waals surface area (Å²) in [4.78, 5) is 35.0. The van der Waals surface area contributed by atoms with Crippen LogP contribution in [0, 0.1) is 0 Å². The zero-order chi connectivity index (χ0) is 13.6. The summed E-state index contributed by atoms with van der Waals surface area (Å²) in [5, 5.41) is 0. The maximum atomic E-state index is 11.7. The summed E-state index contributed by atoms with van der Waals surface area (Å²) in [7, 11) is 1.19. The Morgan fingerprint density at radius 3 is 2.06 bits per heavy atom. The summed E-state index contributed by atoms with van der Waals surface area (Å²) < 4.78 is 9.44. The van der Waals surface area contributed by atoms with Gasteiger partial charge in [0.15, 0.2) is 0 Å². The van der Waals surface area contributed by atoms with E-state index in [0.29, 0.717) is 0 Å². The highest BCUT2D eigenvalue weighted by molar-refractivity contribution is 5.95. The van der Waals surface area contributed by atoms with Crippen molar-refractivity contribution < 1.29 is 23.9 Å². The van der Waals surface area contributed by atoms with Gasteiger partial charge >= 0.3 is 12.1 Å². The fraction of sp³-hybridized carbons (Fsp3) is 0.727. The normalized spacial score (nSPS) is 10.6. The Morgan fingerprint density at radius 2 is 1.71 bits per heavy atom. The highest BCUT2D eigenvalue weighted by Gasteiger charge is 2.28. The maximum Gasteiger partial charge on any atom is 0.417 e. The number of hydrogen-bond acceptors (Lipinski definition) is 5. The summed E-state index contributed by atoms with van der Waals surface area (Å²) in [6.07, 6.45) is -0.731. The van der Waals surface area contributed by atoms with Gasteiger partial charge in [0.2, 0.25) is 5.91 Å². The molecule has 0 radical (unpaired) electrons. The Balaban J connectivity index is 4.74. The van der Waals surface area contributed by atoms with Gasteiger partial charge in [0, 0.05) is 6.42 Å². The minimum atomic E-state index is -0.838. The second-order valence-corrected chi connectivity index (χ2v) is 4.39. The van der Waals surface area contributed by atoms with Crippen LogP contribution >= 0.6 is 0 Å². The van der Waals surface area contributed by atoms with Crippen LogP contribution in [0.4, 0.5) is 4.79 Å². The van der Waals surface area contributed by atoms with Crippen molar-refractivity contribution in [3.8, 4) is 0 Å². The topological polar surface area (TPSA) is 72.9 Å². The number of carbonyl (C=O) groups is 3. The van der Waals surface area contributed by atoms with Crippen LogP contribution in [0.3, 0.4) is 0 Å². The predicted molar refractivity (Wildman–Crippen MR) is 60.3 cm³/mol. The van der Waals surface area contributed by atoms with Gasteiger partial charge in [-0.25, -0.2) is 9.69 Å². The van der Waals surface area contributed by atoms with Crippen molar-refractivity contribution >= 4 is 18.0 Å². The number of hydrogen-bond donors (Lipinski definition) is 0. The van der Waals surface area contributed by atoms with Crippen molar-refractivity contribution in [3.05, 3.63) is 0 Å². The lowest BCUT2D eigenvalue weighted by Crippen LogP contribution is -2.43. The lowest BCUT2D eigenvalue weighted by molar-refractivity contribution is -0.146. The largest absolute Gasteiger partial charge is 0.468 e. The number of methoxy groups -OCH3 is 1. The summed E-state index contributed by atoms with van der Waals surface area (Å²) in [6.45, 7) is 6.20. The first-order chi connectivity index (χ1) is 7.71.